The van der Waals surface area contributed by atoms with E-state index in [0.717, 1.165) is 0 Å². The van der Waals surface area contributed by atoms with Gasteiger partial charge < -0.3 is 0 Å². The summed E-state index contributed by atoms with van der Waals surface area (Å²) in [7, 11) is 0. The highest BCUT2D eigenvalue weighted by Gasteiger charge is 2.04. The summed E-state index contributed by atoms with van der Waals surface area (Å²) in [6.07, 6.45) is 8.92. The second kappa shape index (κ2) is 8.10. The standard InChI is InChI=1S/C28H24/c1-21-9-3-5-11-23(21)15-16-26-18-17-25-13-7-8-14-27(25)28(26)20-19-24-12-6-4-10-22(24)2/h3-20H,1-2H3/b16-15+,20-19+. The van der Waals surface area contributed by atoms with Crippen LogP contribution in [0.5, 0.6) is 0 Å². The molecule has 0 saturated carbocycles. The Balaban J connectivity index is 1.82. The van der Waals surface area contributed by atoms with Gasteiger partial charge in [-0.1, -0.05) is 109 Å². The van der Waals surface area contributed by atoms with Crippen LogP contribution in [0.2, 0.25) is 0 Å². The fourth-order valence-corrected chi connectivity index (χ4v) is 3.54. The van der Waals surface area contributed by atoms with Gasteiger partial charge in [-0.2, -0.15) is 0 Å². The van der Waals surface area contributed by atoms with Crippen LogP contribution in [-0.4, -0.2) is 0 Å². The first-order valence-corrected chi connectivity index (χ1v) is 9.71. The van der Waals surface area contributed by atoms with E-state index in [1.165, 1.54) is 44.2 Å². The van der Waals surface area contributed by atoms with E-state index in [9.17, 15) is 0 Å². The molecule has 0 aliphatic heterocycles. The lowest BCUT2D eigenvalue weighted by Gasteiger charge is -2.08. The summed E-state index contributed by atoms with van der Waals surface area (Å²) < 4.78 is 0. The minimum atomic E-state index is 1.23. The van der Waals surface area contributed by atoms with E-state index in [4.69, 9.17) is 0 Å². The van der Waals surface area contributed by atoms with Gasteiger partial charge in [-0.25, -0.2) is 0 Å². The highest BCUT2D eigenvalue weighted by atomic mass is 14.1. The van der Waals surface area contributed by atoms with Crippen molar-refractivity contribution < 1.29 is 0 Å². The van der Waals surface area contributed by atoms with Crippen LogP contribution in [0, 0.1) is 13.8 Å². The largest absolute Gasteiger partial charge is 0.0620 e. The van der Waals surface area contributed by atoms with Crippen molar-refractivity contribution >= 4 is 35.1 Å². The van der Waals surface area contributed by atoms with Crippen LogP contribution in [-0.2, 0) is 0 Å². The molecule has 0 aromatic heterocycles. The predicted octanol–water partition coefficient (Wildman–Crippen LogP) is 7.80. The van der Waals surface area contributed by atoms with Gasteiger partial charge in [0.15, 0.2) is 0 Å². The van der Waals surface area contributed by atoms with Crippen LogP contribution in [0.25, 0.3) is 35.1 Å². The summed E-state index contributed by atoms with van der Waals surface area (Å²) >= 11 is 0. The van der Waals surface area contributed by atoms with Crippen molar-refractivity contribution in [3.63, 3.8) is 0 Å². The van der Waals surface area contributed by atoms with E-state index in [-0.39, 0.29) is 0 Å². The zero-order valence-electron chi connectivity index (χ0n) is 16.4. The Kier molecular flexibility index (Phi) is 5.21. The molecule has 0 aliphatic carbocycles. The van der Waals surface area contributed by atoms with Gasteiger partial charge in [0, 0.05) is 0 Å². The Morgan fingerprint density at radius 2 is 1.00 bits per heavy atom. The van der Waals surface area contributed by atoms with Gasteiger partial charge >= 0.3 is 0 Å². The molecular formula is C28H24. The molecule has 0 nitrogen and oxygen atoms in total. The number of aryl methyl sites for hydroxylation is 2. The molecule has 0 heterocycles. The Hall–Kier alpha value is -3.38. The topological polar surface area (TPSA) is 0 Å². The van der Waals surface area contributed by atoms with E-state index in [2.05, 4.69) is 123 Å². The quantitative estimate of drug-likeness (QED) is 0.326. The second-order valence-corrected chi connectivity index (χ2v) is 7.17. The lowest BCUT2D eigenvalue weighted by atomic mass is 9.96. The van der Waals surface area contributed by atoms with E-state index in [1.54, 1.807) is 0 Å². The van der Waals surface area contributed by atoms with Crippen molar-refractivity contribution in [2.45, 2.75) is 13.8 Å². The molecule has 136 valence electrons. The number of hydrogen-bond acceptors (Lipinski definition) is 0. The third kappa shape index (κ3) is 3.82. The summed E-state index contributed by atoms with van der Waals surface area (Å²) in [5, 5.41) is 2.54. The van der Waals surface area contributed by atoms with Crippen molar-refractivity contribution in [2.24, 2.45) is 0 Å². The highest BCUT2D eigenvalue weighted by molar-refractivity contribution is 5.97. The fourth-order valence-electron chi connectivity index (χ4n) is 3.54. The minimum absolute atomic E-state index is 1.23. The third-order valence-corrected chi connectivity index (χ3v) is 5.25. The molecule has 4 aromatic rings. The summed E-state index contributed by atoms with van der Waals surface area (Å²) in [6, 6.07) is 30.0. The Bertz CT molecular complexity index is 1180. The van der Waals surface area contributed by atoms with E-state index in [0.29, 0.717) is 0 Å². The van der Waals surface area contributed by atoms with Gasteiger partial charge in [0.2, 0.25) is 0 Å². The minimum Gasteiger partial charge on any atom is -0.0620 e. The van der Waals surface area contributed by atoms with Gasteiger partial charge in [-0.05, 0) is 58.0 Å². The molecule has 0 N–H and O–H groups in total. The molecule has 0 saturated heterocycles. The average Bonchev–Trinajstić information content (AvgIpc) is 2.73. The molecule has 0 fully saturated rings. The van der Waals surface area contributed by atoms with Crippen molar-refractivity contribution in [2.75, 3.05) is 0 Å². The molecule has 4 rings (SSSR count). The molecule has 0 atom stereocenters. The summed E-state index contributed by atoms with van der Waals surface area (Å²) in [6.45, 7) is 4.31. The Morgan fingerprint density at radius 3 is 1.68 bits per heavy atom. The zero-order chi connectivity index (χ0) is 19.3. The Labute approximate surface area is 167 Å². The van der Waals surface area contributed by atoms with Crippen LogP contribution in [0.15, 0.2) is 84.9 Å². The lowest BCUT2D eigenvalue weighted by Crippen LogP contribution is -1.86. The lowest BCUT2D eigenvalue weighted by molar-refractivity contribution is 1.44. The summed E-state index contributed by atoms with van der Waals surface area (Å²) in [5.41, 5.74) is 7.57. The SMILES string of the molecule is Cc1ccccc1/C=C/c1ccc2ccccc2c1/C=C/c1ccccc1C. The fraction of sp³-hybridized carbons (Fsp3) is 0.0714. The maximum Gasteiger partial charge on any atom is -0.0105 e. The monoisotopic (exact) mass is 360 g/mol. The highest BCUT2D eigenvalue weighted by Crippen LogP contribution is 2.27. The van der Waals surface area contributed by atoms with Crippen molar-refractivity contribution in [3.8, 4) is 0 Å². The second-order valence-electron chi connectivity index (χ2n) is 7.17. The van der Waals surface area contributed by atoms with E-state index < -0.39 is 0 Å². The molecule has 0 heteroatoms. The molecule has 0 aliphatic rings. The maximum atomic E-state index is 2.25. The summed E-state index contributed by atoms with van der Waals surface area (Å²) in [5.74, 6) is 0. The first kappa shape index (κ1) is 18.0. The molecule has 28 heavy (non-hydrogen) atoms. The van der Waals surface area contributed by atoms with Gasteiger partial charge in [-0.3, -0.25) is 0 Å². The number of rotatable bonds is 4. The van der Waals surface area contributed by atoms with Crippen molar-refractivity contribution in [1.82, 2.24) is 0 Å². The van der Waals surface area contributed by atoms with Crippen LogP contribution >= 0.6 is 0 Å². The number of fused-ring (bicyclic) bond motifs is 1. The van der Waals surface area contributed by atoms with Crippen LogP contribution in [0.3, 0.4) is 0 Å². The maximum absolute atomic E-state index is 2.25. The van der Waals surface area contributed by atoms with Crippen LogP contribution in [0.4, 0.5) is 0 Å². The van der Waals surface area contributed by atoms with Gasteiger partial charge in [0.1, 0.15) is 0 Å². The summed E-state index contributed by atoms with van der Waals surface area (Å²) in [4.78, 5) is 0. The number of hydrogen-bond donors (Lipinski definition) is 0. The van der Waals surface area contributed by atoms with E-state index >= 15 is 0 Å². The van der Waals surface area contributed by atoms with Gasteiger partial charge in [-0.15, -0.1) is 0 Å². The molecular weight excluding hydrogens is 336 g/mol. The molecule has 0 radical (unpaired) electrons. The average molecular weight is 361 g/mol. The first-order chi connectivity index (χ1) is 13.7. The first-order valence-electron chi connectivity index (χ1n) is 9.71. The Morgan fingerprint density at radius 1 is 0.464 bits per heavy atom. The van der Waals surface area contributed by atoms with E-state index in [1.807, 2.05) is 0 Å². The molecule has 0 unspecified atom stereocenters. The molecule has 0 amide bonds. The smallest absolute Gasteiger partial charge is 0.0105 e. The van der Waals surface area contributed by atoms with Gasteiger partial charge in [0.25, 0.3) is 0 Å². The van der Waals surface area contributed by atoms with Crippen LogP contribution < -0.4 is 0 Å². The number of benzene rings is 4. The molecule has 0 spiro atoms. The predicted molar refractivity (Wildman–Crippen MR) is 124 cm³/mol. The van der Waals surface area contributed by atoms with Crippen molar-refractivity contribution in [1.29, 1.82) is 0 Å². The van der Waals surface area contributed by atoms with Gasteiger partial charge in [0.05, 0.1) is 0 Å². The molecule has 4 aromatic carbocycles. The van der Waals surface area contributed by atoms with Crippen molar-refractivity contribution in [3.05, 3.63) is 118 Å². The van der Waals surface area contributed by atoms with Crippen LogP contribution in [0.1, 0.15) is 33.4 Å². The zero-order valence-corrected chi connectivity index (χ0v) is 16.4. The normalized spacial score (nSPS) is 11.6. The third-order valence-electron chi connectivity index (χ3n) is 5.25. The molecule has 0 bridgehead atoms.